The second-order valence-electron chi connectivity index (χ2n) is 4.99. The van der Waals surface area contributed by atoms with Crippen LogP contribution in [0.1, 0.15) is 30.9 Å². The minimum Gasteiger partial charge on any atom is -0.493 e. The Morgan fingerprint density at radius 2 is 2.05 bits per heavy atom. The molecule has 1 aromatic carbocycles. The minimum atomic E-state index is -4.37. The van der Waals surface area contributed by atoms with Crippen molar-refractivity contribution >= 4 is 0 Å². The van der Waals surface area contributed by atoms with Crippen LogP contribution in [0.3, 0.4) is 0 Å². The lowest BCUT2D eigenvalue weighted by Crippen LogP contribution is -2.19. The van der Waals surface area contributed by atoms with Gasteiger partial charge in [0.05, 0.1) is 12.2 Å². The molecule has 0 heterocycles. The molecule has 1 unspecified atom stereocenters. The van der Waals surface area contributed by atoms with Crippen LogP contribution in [-0.2, 0) is 12.6 Å². The molecule has 1 aromatic rings. The molecule has 0 saturated heterocycles. The van der Waals surface area contributed by atoms with Gasteiger partial charge in [-0.1, -0.05) is 6.92 Å². The van der Waals surface area contributed by atoms with Gasteiger partial charge in [0.25, 0.3) is 0 Å². The molecule has 0 radical (unpaired) electrons. The summed E-state index contributed by atoms with van der Waals surface area (Å²) >= 11 is 0. The average Bonchev–Trinajstić information content (AvgIpc) is 2.45. The number of rotatable bonds is 8. The maximum absolute atomic E-state index is 12.8. The highest BCUT2D eigenvalue weighted by atomic mass is 19.4. The molecule has 0 fully saturated rings. The Bertz CT molecular complexity index is 431. The summed E-state index contributed by atoms with van der Waals surface area (Å²) in [7, 11) is 0. The quantitative estimate of drug-likeness (QED) is 0.776. The molecule has 0 bridgehead atoms. The molecule has 3 nitrogen and oxygen atoms in total. The largest absolute Gasteiger partial charge is 0.493 e. The maximum Gasteiger partial charge on any atom is 0.416 e. The lowest BCUT2D eigenvalue weighted by Gasteiger charge is -2.16. The van der Waals surface area contributed by atoms with Gasteiger partial charge in [0.15, 0.2) is 0 Å². The fraction of sp³-hybridized carbons (Fsp3) is 0.600. The number of ether oxygens (including phenoxy) is 1. The van der Waals surface area contributed by atoms with Crippen molar-refractivity contribution in [2.45, 2.75) is 32.4 Å². The third-order valence-electron chi connectivity index (χ3n) is 3.26. The Morgan fingerprint density at radius 1 is 1.33 bits per heavy atom. The van der Waals surface area contributed by atoms with E-state index in [0.29, 0.717) is 37.3 Å². The summed E-state index contributed by atoms with van der Waals surface area (Å²) in [6.07, 6.45) is -2.67. The predicted octanol–water partition coefficient (Wildman–Crippen LogP) is 2.99. The van der Waals surface area contributed by atoms with Crippen LogP contribution >= 0.6 is 0 Å². The lowest BCUT2D eigenvalue weighted by molar-refractivity contribution is -0.137. The number of hydrogen-bond acceptors (Lipinski definition) is 3. The lowest BCUT2D eigenvalue weighted by atomic mass is 9.98. The van der Waals surface area contributed by atoms with E-state index in [1.54, 1.807) is 0 Å². The van der Waals surface area contributed by atoms with E-state index >= 15 is 0 Å². The van der Waals surface area contributed by atoms with Crippen molar-refractivity contribution in [1.29, 1.82) is 0 Å². The van der Waals surface area contributed by atoms with Crippen molar-refractivity contribution in [3.05, 3.63) is 29.3 Å². The van der Waals surface area contributed by atoms with Gasteiger partial charge >= 0.3 is 6.18 Å². The number of halogens is 3. The van der Waals surface area contributed by atoms with E-state index in [1.165, 1.54) is 6.07 Å². The fourth-order valence-electron chi connectivity index (χ4n) is 1.95. The molecule has 6 heteroatoms. The van der Waals surface area contributed by atoms with Crippen LogP contribution in [0.5, 0.6) is 5.75 Å². The van der Waals surface area contributed by atoms with Crippen molar-refractivity contribution in [2.24, 2.45) is 11.7 Å². The monoisotopic (exact) mass is 305 g/mol. The topological polar surface area (TPSA) is 55.5 Å². The van der Waals surface area contributed by atoms with E-state index in [4.69, 9.17) is 15.6 Å². The first-order chi connectivity index (χ1) is 9.92. The minimum absolute atomic E-state index is 0.0688. The first-order valence-electron chi connectivity index (χ1n) is 7.06. The van der Waals surface area contributed by atoms with E-state index in [-0.39, 0.29) is 12.5 Å². The first-order valence-corrected chi connectivity index (χ1v) is 7.06. The van der Waals surface area contributed by atoms with E-state index in [9.17, 15) is 13.2 Å². The van der Waals surface area contributed by atoms with Crippen molar-refractivity contribution in [2.75, 3.05) is 19.8 Å². The van der Waals surface area contributed by atoms with Crippen LogP contribution in [0.15, 0.2) is 18.2 Å². The second-order valence-corrected chi connectivity index (χ2v) is 4.99. The summed E-state index contributed by atoms with van der Waals surface area (Å²) in [5.41, 5.74) is 5.31. The van der Waals surface area contributed by atoms with Gasteiger partial charge in [0.1, 0.15) is 5.75 Å². The predicted molar refractivity (Wildman–Crippen MR) is 75.2 cm³/mol. The Morgan fingerprint density at radius 3 is 2.57 bits per heavy atom. The molecule has 1 rings (SSSR count). The highest BCUT2D eigenvalue weighted by Gasteiger charge is 2.31. The van der Waals surface area contributed by atoms with Crippen LogP contribution in [0.25, 0.3) is 0 Å². The van der Waals surface area contributed by atoms with Gasteiger partial charge in [-0.3, -0.25) is 0 Å². The zero-order valence-corrected chi connectivity index (χ0v) is 12.1. The number of aliphatic hydroxyl groups excluding tert-OH is 1. The van der Waals surface area contributed by atoms with Crippen molar-refractivity contribution in [1.82, 2.24) is 0 Å². The van der Waals surface area contributed by atoms with Gasteiger partial charge < -0.3 is 15.6 Å². The highest BCUT2D eigenvalue weighted by molar-refractivity contribution is 5.38. The maximum atomic E-state index is 12.8. The smallest absolute Gasteiger partial charge is 0.416 e. The number of benzene rings is 1. The molecular formula is C15H22F3NO2. The van der Waals surface area contributed by atoms with Crippen LogP contribution in [0.2, 0.25) is 0 Å². The van der Waals surface area contributed by atoms with Crippen LogP contribution in [0, 0.1) is 5.92 Å². The van der Waals surface area contributed by atoms with Crippen LogP contribution < -0.4 is 10.5 Å². The Balaban J connectivity index is 2.93. The molecule has 120 valence electrons. The molecule has 0 saturated carbocycles. The van der Waals surface area contributed by atoms with E-state index in [0.717, 1.165) is 18.6 Å². The molecule has 0 spiro atoms. The van der Waals surface area contributed by atoms with E-state index < -0.39 is 11.7 Å². The fourth-order valence-corrected chi connectivity index (χ4v) is 1.95. The molecule has 1 atom stereocenters. The molecule has 0 aliphatic rings. The first kappa shape index (κ1) is 17.8. The van der Waals surface area contributed by atoms with Gasteiger partial charge in [-0.15, -0.1) is 0 Å². The van der Waals surface area contributed by atoms with Crippen molar-refractivity contribution in [3.63, 3.8) is 0 Å². The van der Waals surface area contributed by atoms with Crippen molar-refractivity contribution in [3.8, 4) is 5.75 Å². The normalized spacial score (nSPS) is 13.2. The van der Waals surface area contributed by atoms with Gasteiger partial charge in [-0.05, 0) is 55.5 Å². The third-order valence-corrected chi connectivity index (χ3v) is 3.26. The summed E-state index contributed by atoms with van der Waals surface area (Å²) in [4.78, 5) is 0. The SMILES string of the molecule is CCCOc1ccc(C(F)(F)F)cc1CCC(CN)CO. The van der Waals surface area contributed by atoms with Gasteiger partial charge in [0, 0.05) is 6.61 Å². The molecular weight excluding hydrogens is 283 g/mol. The molecule has 0 aromatic heterocycles. The molecule has 3 N–H and O–H groups in total. The molecule has 0 aliphatic carbocycles. The summed E-state index contributed by atoms with van der Waals surface area (Å²) in [6, 6.07) is 3.51. The zero-order chi connectivity index (χ0) is 15.9. The highest BCUT2D eigenvalue weighted by Crippen LogP contribution is 2.33. The van der Waals surface area contributed by atoms with Gasteiger partial charge in [-0.25, -0.2) is 0 Å². The zero-order valence-electron chi connectivity index (χ0n) is 12.1. The summed E-state index contributed by atoms with van der Waals surface area (Å²) in [5.74, 6) is 0.358. The van der Waals surface area contributed by atoms with E-state index in [2.05, 4.69) is 0 Å². The third kappa shape index (κ3) is 5.55. The number of alkyl halides is 3. The number of nitrogens with two attached hydrogens (primary N) is 1. The Hall–Kier alpha value is -1.27. The van der Waals surface area contributed by atoms with Crippen LogP contribution in [0.4, 0.5) is 13.2 Å². The van der Waals surface area contributed by atoms with Gasteiger partial charge in [-0.2, -0.15) is 13.2 Å². The van der Waals surface area contributed by atoms with E-state index in [1.807, 2.05) is 6.92 Å². The molecule has 21 heavy (non-hydrogen) atoms. The number of aliphatic hydroxyl groups is 1. The average molecular weight is 305 g/mol. The summed E-state index contributed by atoms with van der Waals surface area (Å²) in [5, 5.41) is 9.11. The van der Waals surface area contributed by atoms with Gasteiger partial charge in [0.2, 0.25) is 0 Å². The van der Waals surface area contributed by atoms with Crippen molar-refractivity contribution < 1.29 is 23.0 Å². The standard InChI is InChI=1S/C15H22F3NO2/c1-2-7-21-14-6-5-13(15(16,17)18)8-12(14)4-3-11(9-19)10-20/h5-6,8,11,20H,2-4,7,9-10,19H2,1H3. The second kappa shape index (κ2) is 8.24. The number of hydrogen-bond donors (Lipinski definition) is 2. The van der Waals surface area contributed by atoms with Crippen LogP contribution in [-0.4, -0.2) is 24.9 Å². The number of aryl methyl sites for hydroxylation is 1. The Kier molecular flexibility index (Phi) is 6.98. The summed E-state index contributed by atoms with van der Waals surface area (Å²) < 4.78 is 43.8. The Labute approximate surface area is 122 Å². The molecule has 0 amide bonds. The summed E-state index contributed by atoms with van der Waals surface area (Å²) in [6.45, 7) is 2.62. The molecule has 0 aliphatic heterocycles.